The van der Waals surface area contributed by atoms with Gasteiger partial charge in [-0.2, -0.15) is 13.2 Å². The van der Waals surface area contributed by atoms with Gasteiger partial charge in [0, 0.05) is 0 Å². The number of halogens is 3. The lowest BCUT2D eigenvalue weighted by Gasteiger charge is -2.18. The molecule has 1 aliphatic carbocycles. The highest BCUT2D eigenvalue weighted by Crippen LogP contribution is 2.37. The Balaban J connectivity index is 2.00. The van der Waals surface area contributed by atoms with Crippen LogP contribution in [0, 0.1) is 5.92 Å². The monoisotopic (exact) mass is 259 g/mol. The summed E-state index contributed by atoms with van der Waals surface area (Å²) in [5.41, 5.74) is 4.85. The topological polar surface area (TPSA) is 35.2 Å². The van der Waals surface area contributed by atoms with Crippen LogP contribution in [0.25, 0.3) is 0 Å². The van der Waals surface area contributed by atoms with Crippen molar-refractivity contribution in [3.8, 4) is 5.75 Å². The van der Waals surface area contributed by atoms with E-state index in [0.29, 0.717) is 18.2 Å². The fourth-order valence-corrected chi connectivity index (χ4v) is 1.92. The van der Waals surface area contributed by atoms with E-state index in [1.165, 1.54) is 12.1 Å². The van der Waals surface area contributed by atoms with Gasteiger partial charge in [-0.3, -0.25) is 0 Å². The summed E-state index contributed by atoms with van der Waals surface area (Å²) in [4.78, 5) is 0. The Morgan fingerprint density at radius 1 is 1.22 bits per heavy atom. The van der Waals surface area contributed by atoms with Gasteiger partial charge < -0.3 is 10.5 Å². The molecule has 0 spiro atoms. The molecule has 0 heterocycles. The van der Waals surface area contributed by atoms with E-state index in [1.807, 2.05) is 0 Å². The first-order valence-electron chi connectivity index (χ1n) is 6.04. The van der Waals surface area contributed by atoms with Crippen LogP contribution in [0.2, 0.25) is 0 Å². The summed E-state index contributed by atoms with van der Waals surface area (Å²) in [7, 11) is 0. The Labute approximate surface area is 104 Å². The zero-order valence-corrected chi connectivity index (χ0v) is 9.91. The highest BCUT2D eigenvalue weighted by molar-refractivity contribution is 5.29. The standard InChI is InChI=1S/C13H16F3NO/c14-13(15,16)10-3-5-11(6-4-10)18-12(7-8-17)9-1-2-9/h3-6,9,12H,1-2,7-8,17H2. The van der Waals surface area contributed by atoms with Gasteiger partial charge in [-0.1, -0.05) is 0 Å². The Morgan fingerprint density at radius 3 is 2.28 bits per heavy atom. The van der Waals surface area contributed by atoms with Crippen LogP contribution >= 0.6 is 0 Å². The van der Waals surface area contributed by atoms with E-state index in [-0.39, 0.29) is 6.10 Å². The molecule has 0 aliphatic heterocycles. The molecule has 2 nitrogen and oxygen atoms in total. The van der Waals surface area contributed by atoms with Gasteiger partial charge >= 0.3 is 6.18 Å². The average Bonchev–Trinajstić information content (AvgIpc) is 3.12. The fourth-order valence-electron chi connectivity index (χ4n) is 1.92. The number of hydrogen-bond acceptors (Lipinski definition) is 2. The van der Waals surface area contributed by atoms with Gasteiger partial charge in [0.05, 0.1) is 5.56 Å². The predicted octanol–water partition coefficient (Wildman–Crippen LogP) is 3.21. The normalized spacial score (nSPS) is 17.6. The van der Waals surface area contributed by atoms with Gasteiger partial charge in [0.25, 0.3) is 0 Å². The SMILES string of the molecule is NCCC(Oc1ccc(C(F)(F)F)cc1)C1CC1. The second-order valence-corrected chi connectivity index (χ2v) is 4.59. The quantitative estimate of drug-likeness (QED) is 0.881. The molecule has 1 atom stereocenters. The molecule has 2 N–H and O–H groups in total. The maximum Gasteiger partial charge on any atom is 0.416 e. The molecule has 1 unspecified atom stereocenters. The van der Waals surface area contributed by atoms with Gasteiger partial charge in [-0.15, -0.1) is 0 Å². The minimum Gasteiger partial charge on any atom is -0.490 e. The highest BCUT2D eigenvalue weighted by Gasteiger charge is 2.33. The second-order valence-electron chi connectivity index (χ2n) is 4.59. The second kappa shape index (κ2) is 5.18. The summed E-state index contributed by atoms with van der Waals surface area (Å²) in [5, 5.41) is 0. The zero-order valence-electron chi connectivity index (χ0n) is 9.91. The molecule has 1 fully saturated rings. The third-order valence-electron chi connectivity index (χ3n) is 3.07. The van der Waals surface area contributed by atoms with Crippen LogP contribution in [0.3, 0.4) is 0 Å². The number of alkyl halides is 3. The molecule has 0 aromatic heterocycles. The lowest BCUT2D eigenvalue weighted by atomic mass is 10.1. The van der Waals surface area contributed by atoms with Crippen molar-refractivity contribution in [3.05, 3.63) is 29.8 Å². The molecule has 5 heteroatoms. The summed E-state index contributed by atoms with van der Waals surface area (Å²) < 4.78 is 42.9. The van der Waals surface area contributed by atoms with E-state index < -0.39 is 11.7 Å². The Kier molecular flexibility index (Phi) is 3.80. The minimum absolute atomic E-state index is 0.0340. The maximum atomic E-state index is 12.4. The predicted molar refractivity (Wildman–Crippen MR) is 62.3 cm³/mol. The molecular formula is C13H16F3NO. The molecule has 1 saturated carbocycles. The van der Waals surface area contributed by atoms with Crippen molar-refractivity contribution in [1.29, 1.82) is 0 Å². The molecule has 100 valence electrons. The third kappa shape index (κ3) is 3.38. The van der Waals surface area contributed by atoms with Crippen LogP contribution in [0.1, 0.15) is 24.8 Å². The molecule has 0 radical (unpaired) electrons. The van der Waals surface area contributed by atoms with Gasteiger partial charge in [-0.25, -0.2) is 0 Å². The molecule has 1 aliphatic rings. The van der Waals surface area contributed by atoms with Gasteiger partial charge in [-0.05, 0) is 56.0 Å². The molecule has 1 aromatic rings. The van der Waals surface area contributed by atoms with Crippen molar-refractivity contribution in [3.63, 3.8) is 0 Å². The molecule has 0 saturated heterocycles. The largest absolute Gasteiger partial charge is 0.490 e. The van der Waals surface area contributed by atoms with Gasteiger partial charge in [0.1, 0.15) is 11.9 Å². The minimum atomic E-state index is -4.30. The summed E-state index contributed by atoms with van der Waals surface area (Å²) >= 11 is 0. The van der Waals surface area contributed by atoms with E-state index in [2.05, 4.69) is 0 Å². The first kappa shape index (κ1) is 13.2. The molecular weight excluding hydrogens is 243 g/mol. The molecule has 0 bridgehead atoms. The highest BCUT2D eigenvalue weighted by atomic mass is 19.4. The van der Waals surface area contributed by atoms with E-state index in [0.717, 1.165) is 31.4 Å². The fraction of sp³-hybridized carbons (Fsp3) is 0.538. The number of rotatable bonds is 5. The van der Waals surface area contributed by atoms with Crippen molar-refractivity contribution in [2.24, 2.45) is 11.7 Å². The van der Waals surface area contributed by atoms with Crippen molar-refractivity contribution in [2.45, 2.75) is 31.5 Å². The lowest BCUT2D eigenvalue weighted by molar-refractivity contribution is -0.137. The Bertz CT molecular complexity index is 384. The third-order valence-corrected chi connectivity index (χ3v) is 3.07. The molecule has 2 rings (SSSR count). The number of benzene rings is 1. The zero-order chi connectivity index (χ0) is 13.2. The number of nitrogens with two attached hydrogens (primary N) is 1. The molecule has 18 heavy (non-hydrogen) atoms. The van der Waals surface area contributed by atoms with Crippen LogP contribution in [0.4, 0.5) is 13.2 Å². The Hall–Kier alpha value is -1.23. The lowest BCUT2D eigenvalue weighted by Crippen LogP contribution is -2.22. The van der Waals surface area contributed by atoms with Crippen LogP contribution < -0.4 is 10.5 Å². The summed E-state index contributed by atoms with van der Waals surface area (Å²) in [6.07, 6.45) is -1.29. The van der Waals surface area contributed by atoms with E-state index in [9.17, 15) is 13.2 Å². The smallest absolute Gasteiger partial charge is 0.416 e. The van der Waals surface area contributed by atoms with Crippen molar-refractivity contribution < 1.29 is 17.9 Å². The van der Waals surface area contributed by atoms with Gasteiger partial charge in [0.15, 0.2) is 0 Å². The maximum absolute atomic E-state index is 12.4. The van der Waals surface area contributed by atoms with Crippen molar-refractivity contribution >= 4 is 0 Å². The van der Waals surface area contributed by atoms with Crippen LogP contribution in [0.15, 0.2) is 24.3 Å². The molecule has 1 aromatic carbocycles. The first-order chi connectivity index (χ1) is 8.50. The van der Waals surface area contributed by atoms with Crippen LogP contribution in [-0.4, -0.2) is 12.6 Å². The van der Waals surface area contributed by atoms with Crippen molar-refractivity contribution in [1.82, 2.24) is 0 Å². The van der Waals surface area contributed by atoms with E-state index >= 15 is 0 Å². The van der Waals surface area contributed by atoms with Crippen LogP contribution in [-0.2, 0) is 6.18 Å². The first-order valence-corrected chi connectivity index (χ1v) is 6.04. The summed E-state index contributed by atoms with van der Waals surface area (Å²) in [6.45, 7) is 0.530. The van der Waals surface area contributed by atoms with E-state index in [1.54, 1.807) is 0 Å². The average molecular weight is 259 g/mol. The number of ether oxygens (including phenoxy) is 1. The summed E-state index contributed by atoms with van der Waals surface area (Å²) in [6, 6.07) is 4.83. The van der Waals surface area contributed by atoms with Gasteiger partial charge in [0.2, 0.25) is 0 Å². The Morgan fingerprint density at radius 2 is 1.83 bits per heavy atom. The van der Waals surface area contributed by atoms with Crippen LogP contribution in [0.5, 0.6) is 5.75 Å². The van der Waals surface area contributed by atoms with E-state index in [4.69, 9.17) is 10.5 Å². The number of hydrogen-bond donors (Lipinski definition) is 1. The summed E-state index contributed by atoms with van der Waals surface area (Å²) in [5.74, 6) is 0.990. The molecule has 0 amide bonds. The van der Waals surface area contributed by atoms with Crippen molar-refractivity contribution in [2.75, 3.05) is 6.54 Å².